The number of nitrogens with zero attached hydrogens (tertiary/aromatic N) is 2. The summed E-state index contributed by atoms with van der Waals surface area (Å²) in [5.74, 6) is 0. The molecule has 0 bridgehead atoms. The fourth-order valence-electron chi connectivity index (χ4n) is 1.34. The van der Waals surface area contributed by atoms with Gasteiger partial charge >= 0.3 is 0 Å². The van der Waals surface area contributed by atoms with Gasteiger partial charge in [0.15, 0.2) is 0 Å². The molecule has 17 heavy (non-hydrogen) atoms. The second-order valence-electron chi connectivity index (χ2n) is 3.83. The van der Waals surface area contributed by atoms with Crippen LogP contribution < -0.4 is 5.32 Å². The van der Waals surface area contributed by atoms with E-state index in [9.17, 15) is 5.11 Å². The Morgan fingerprint density at radius 1 is 1.53 bits per heavy atom. The highest BCUT2D eigenvalue weighted by Gasteiger charge is 2.04. The first-order chi connectivity index (χ1) is 8.22. The van der Waals surface area contributed by atoms with Crippen molar-refractivity contribution in [1.82, 2.24) is 15.1 Å². The van der Waals surface area contributed by atoms with Gasteiger partial charge < -0.3 is 19.9 Å². The van der Waals surface area contributed by atoms with E-state index in [-0.39, 0.29) is 0 Å². The lowest BCUT2D eigenvalue weighted by Crippen LogP contribution is -2.30. The number of aromatic nitrogens is 2. The normalized spacial score (nSPS) is 12.9. The minimum atomic E-state index is -0.504. The van der Waals surface area contributed by atoms with Crippen molar-refractivity contribution in [2.45, 2.75) is 12.6 Å². The zero-order valence-corrected chi connectivity index (χ0v) is 10.4. The zero-order valence-electron chi connectivity index (χ0n) is 10.4. The number of aryl methyl sites for hydroxylation is 1. The highest BCUT2D eigenvalue weighted by atomic mass is 16.5. The Hall–Kier alpha value is -0.950. The topological polar surface area (TPSA) is 68.5 Å². The molecule has 1 heterocycles. The minimum Gasteiger partial charge on any atom is -0.389 e. The molecule has 0 spiro atoms. The molecule has 0 aliphatic rings. The van der Waals surface area contributed by atoms with Gasteiger partial charge in [-0.2, -0.15) is 5.10 Å². The maximum atomic E-state index is 9.58. The van der Waals surface area contributed by atoms with Crippen LogP contribution in [0, 0.1) is 0 Å². The first-order valence-electron chi connectivity index (χ1n) is 5.66. The molecule has 1 rings (SSSR count). The molecule has 0 radical (unpaired) electrons. The Balaban J connectivity index is 2.02. The first-order valence-corrected chi connectivity index (χ1v) is 5.66. The van der Waals surface area contributed by atoms with Crippen molar-refractivity contribution in [3.05, 3.63) is 18.0 Å². The van der Waals surface area contributed by atoms with Crippen LogP contribution >= 0.6 is 0 Å². The summed E-state index contributed by atoms with van der Waals surface area (Å²) in [7, 11) is 3.50. The Morgan fingerprint density at radius 2 is 2.35 bits per heavy atom. The number of nitrogens with one attached hydrogen (secondary N) is 1. The molecule has 6 nitrogen and oxygen atoms in total. The molecular formula is C11H21N3O3. The van der Waals surface area contributed by atoms with Crippen LogP contribution in [0.25, 0.3) is 0 Å². The van der Waals surface area contributed by atoms with Gasteiger partial charge in [-0.3, -0.25) is 4.68 Å². The summed E-state index contributed by atoms with van der Waals surface area (Å²) < 4.78 is 11.8. The third-order valence-electron chi connectivity index (χ3n) is 2.20. The summed E-state index contributed by atoms with van der Waals surface area (Å²) in [4.78, 5) is 0. The summed E-state index contributed by atoms with van der Waals surface area (Å²) in [5, 5.41) is 16.9. The maximum absolute atomic E-state index is 9.58. The number of hydrogen-bond acceptors (Lipinski definition) is 5. The van der Waals surface area contributed by atoms with Gasteiger partial charge in [-0.25, -0.2) is 0 Å². The fourth-order valence-corrected chi connectivity index (χ4v) is 1.34. The lowest BCUT2D eigenvalue weighted by Gasteiger charge is -2.11. The van der Waals surface area contributed by atoms with Crippen molar-refractivity contribution in [3.63, 3.8) is 0 Å². The highest BCUT2D eigenvalue weighted by Crippen LogP contribution is 1.93. The summed E-state index contributed by atoms with van der Waals surface area (Å²) in [5.41, 5.74) is 0.958. The highest BCUT2D eigenvalue weighted by molar-refractivity contribution is 4.97. The number of hydrogen-bond donors (Lipinski definition) is 2. The van der Waals surface area contributed by atoms with Crippen molar-refractivity contribution < 1.29 is 14.6 Å². The predicted molar refractivity (Wildman–Crippen MR) is 63.6 cm³/mol. The molecule has 1 atom stereocenters. The van der Waals surface area contributed by atoms with E-state index in [1.807, 2.05) is 19.3 Å². The van der Waals surface area contributed by atoms with Gasteiger partial charge in [0.1, 0.15) is 0 Å². The maximum Gasteiger partial charge on any atom is 0.0897 e. The molecular weight excluding hydrogens is 222 g/mol. The van der Waals surface area contributed by atoms with Gasteiger partial charge in [-0.05, 0) is 6.07 Å². The third kappa shape index (κ3) is 6.38. The molecule has 0 fully saturated rings. The van der Waals surface area contributed by atoms with E-state index in [0.717, 1.165) is 5.69 Å². The SMILES string of the molecule is COCCOCC(O)CNCc1ccn(C)n1. The number of aliphatic hydroxyl groups is 1. The van der Waals surface area contributed by atoms with E-state index >= 15 is 0 Å². The molecule has 6 heteroatoms. The van der Waals surface area contributed by atoms with Gasteiger partial charge in [0.25, 0.3) is 0 Å². The predicted octanol–water partition coefficient (Wildman–Crippen LogP) is -0.466. The molecule has 0 aliphatic carbocycles. The lowest BCUT2D eigenvalue weighted by molar-refractivity contribution is 0.0137. The second-order valence-corrected chi connectivity index (χ2v) is 3.83. The van der Waals surface area contributed by atoms with Crippen LogP contribution in [-0.4, -0.2) is 54.5 Å². The quantitative estimate of drug-likeness (QED) is 0.574. The van der Waals surface area contributed by atoms with Gasteiger partial charge in [-0.1, -0.05) is 0 Å². The molecule has 2 N–H and O–H groups in total. The Labute approximate surface area is 102 Å². The van der Waals surface area contributed by atoms with E-state index in [0.29, 0.717) is 32.9 Å². The van der Waals surface area contributed by atoms with Crippen LogP contribution in [0.2, 0.25) is 0 Å². The Bertz CT molecular complexity index is 304. The van der Waals surface area contributed by atoms with Crippen LogP contribution in [0.15, 0.2) is 12.3 Å². The van der Waals surface area contributed by atoms with E-state index in [2.05, 4.69) is 10.4 Å². The van der Waals surface area contributed by atoms with E-state index < -0.39 is 6.10 Å². The molecule has 1 aromatic rings. The molecule has 0 aromatic carbocycles. The standard InChI is InChI=1S/C11H21N3O3/c1-14-4-3-10(13-14)7-12-8-11(15)9-17-6-5-16-2/h3-4,11-12,15H,5-9H2,1-2H3. The minimum absolute atomic E-state index is 0.318. The van der Waals surface area contributed by atoms with Crippen LogP contribution in [0.3, 0.4) is 0 Å². The largest absolute Gasteiger partial charge is 0.389 e. The van der Waals surface area contributed by atoms with Crippen molar-refractivity contribution in [3.8, 4) is 0 Å². The van der Waals surface area contributed by atoms with Crippen LogP contribution in [-0.2, 0) is 23.1 Å². The zero-order chi connectivity index (χ0) is 12.5. The summed E-state index contributed by atoms with van der Waals surface area (Å²) in [6.45, 7) is 2.51. The fraction of sp³-hybridized carbons (Fsp3) is 0.727. The Kier molecular flexibility index (Phi) is 6.80. The second kappa shape index (κ2) is 8.19. The molecule has 1 aromatic heterocycles. The van der Waals surface area contributed by atoms with Gasteiger partial charge in [0.05, 0.1) is 31.6 Å². The molecule has 1 unspecified atom stereocenters. The van der Waals surface area contributed by atoms with Crippen molar-refractivity contribution in [1.29, 1.82) is 0 Å². The van der Waals surface area contributed by atoms with E-state index in [1.54, 1.807) is 11.8 Å². The van der Waals surface area contributed by atoms with Crippen LogP contribution in [0.4, 0.5) is 0 Å². The van der Waals surface area contributed by atoms with Crippen LogP contribution in [0.5, 0.6) is 0 Å². The smallest absolute Gasteiger partial charge is 0.0897 e. The number of methoxy groups -OCH3 is 1. The molecule has 0 aliphatic heterocycles. The van der Waals surface area contributed by atoms with E-state index in [1.165, 1.54) is 0 Å². The summed E-state index contributed by atoms with van der Waals surface area (Å²) in [6, 6.07) is 1.94. The first kappa shape index (κ1) is 14.1. The van der Waals surface area contributed by atoms with Crippen molar-refractivity contribution in [2.75, 3.05) is 33.5 Å². The van der Waals surface area contributed by atoms with Gasteiger partial charge in [0.2, 0.25) is 0 Å². The lowest BCUT2D eigenvalue weighted by atomic mass is 10.3. The average Bonchev–Trinajstić information content (AvgIpc) is 2.71. The number of ether oxygens (including phenoxy) is 2. The number of aliphatic hydroxyl groups excluding tert-OH is 1. The third-order valence-corrected chi connectivity index (χ3v) is 2.20. The summed E-state index contributed by atoms with van der Waals surface area (Å²) in [6.07, 6.45) is 1.39. The van der Waals surface area contributed by atoms with Gasteiger partial charge in [0, 0.05) is 33.4 Å². The Morgan fingerprint density at radius 3 is 3.00 bits per heavy atom. The van der Waals surface area contributed by atoms with E-state index in [4.69, 9.17) is 9.47 Å². The van der Waals surface area contributed by atoms with Crippen molar-refractivity contribution >= 4 is 0 Å². The number of rotatable bonds is 9. The average molecular weight is 243 g/mol. The molecule has 98 valence electrons. The molecule has 0 saturated heterocycles. The molecule has 0 saturated carbocycles. The molecule has 0 amide bonds. The monoisotopic (exact) mass is 243 g/mol. The van der Waals surface area contributed by atoms with Crippen molar-refractivity contribution in [2.24, 2.45) is 7.05 Å². The van der Waals surface area contributed by atoms with Gasteiger partial charge in [-0.15, -0.1) is 0 Å². The summed E-state index contributed by atoms with van der Waals surface area (Å²) >= 11 is 0. The van der Waals surface area contributed by atoms with Crippen LogP contribution in [0.1, 0.15) is 5.69 Å².